The first kappa shape index (κ1) is 13.3. The summed E-state index contributed by atoms with van der Waals surface area (Å²) in [5.41, 5.74) is -0.128. The van der Waals surface area contributed by atoms with Gasteiger partial charge in [0.1, 0.15) is 11.9 Å². The van der Waals surface area contributed by atoms with Gasteiger partial charge in [0.2, 0.25) is 0 Å². The lowest BCUT2D eigenvalue weighted by atomic mass is 9.97. The molecule has 0 amide bonds. The molecular weight excluding hydrogens is 231 g/mol. The van der Waals surface area contributed by atoms with Crippen LogP contribution in [0.2, 0.25) is 0 Å². The van der Waals surface area contributed by atoms with E-state index in [2.05, 4.69) is 0 Å². The van der Waals surface area contributed by atoms with E-state index in [1.807, 2.05) is 0 Å². The number of carbonyl (C=O) groups excluding carboxylic acids is 1. The van der Waals surface area contributed by atoms with Crippen LogP contribution in [-0.4, -0.2) is 33.7 Å². The molecule has 2 unspecified atom stereocenters. The van der Waals surface area contributed by atoms with Gasteiger partial charge in [0.25, 0.3) is 0 Å². The van der Waals surface area contributed by atoms with Crippen molar-refractivity contribution in [2.24, 2.45) is 0 Å². The minimum absolute atomic E-state index is 0.00449. The number of carboxylic acids is 1. The number of hydrogen-bond donors (Lipinski definition) is 3. The van der Waals surface area contributed by atoms with Crippen LogP contribution in [0.4, 0.5) is 4.39 Å². The van der Waals surface area contributed by atoms with Crippen LogP contribution in [0.5, 0.6) is 0 Å². The Bertz CT molecular complexity index is 432. The SMILES string of the molecule is O=Cc1cc(F)ccc1C(O)C(O)CC(=O)O. The number of carboxylic acid groups (broad SMARTS) is 1. The average molecular weight is 242 g/mol. The van der Waals surface area contributed by atoms with Crippen molar-refractivity contribution < 1.29 is 29.3 Å². The highest BCUT2D eigenvalue weighted by Gasteiger charge is 2.23. The van der Waals surface area contributed by atoms with Crippen LogP contribution in [0.1, 0.15) is 28.4 Å². The lowest BCUT2D eigenvalue weighted by Gasteiger charge is -2.17. The Balaban J connectivity index is 2.98. The van der Waals surface area contributed by atoms with Crippen molar-refractivity contribution in [3.05, 3.63) is 35.1 Å². The summed E-state index contributed by atoms with van der Waals surface area (Å²) in [6, 6.07) is 3.05. The number of aliphatic hydroxyl groups is 2. The summed E-state index contributed by atoms with van der Waals surface area (Å²) in [6.07, 6.45) is -3.45. The van der Waals surface area contributed by atoms with Gasteiger partial charge in [-0.3, -0.25) is 9.59 Å². The zero-order chi connectivity index (χ0) is 13.0. The summed E-state index contributed by atoms with van der Waals surface area (Å²) in [4.78, 5) is 21.0. The standard InChI is InChI=1S/C11H11FO5/c12-7-1-2-8(6(3-7)5-13)11(17)9(14)4-10(15)16/h1-3,5,9,11,14,17H,4H2,(H,15,16). The zero-order valence-corrected chi connectivity index (χ0v) is 8.71. The first-order valence-electron chi connectivity index (χ1n) is 4.78. The van der Waals surface area contributed by atoms with E-state index in [1.54, 1.807) is 0 Å². The van der Waals surface area contributed by atoms with Crippen LogP contribution in [0.15, 0.2) is 18.2 Å². The van der Waals surface area contributed by atoms with Gasteiger partial charge in [-0.15, -0.1) is 0 Å². The third-order valence-corrected chi connectivity index (χ3v) is 2.24. The maximum Gasteiger partial charge on any atom is 0.306 e. The summed E-state index contributed by atoms with van der Waals surface area (Å²) in [5, 5.41) is 27.5. The number of aliphatic carboxylic acids is 1. The van der Waals surface area contributed by atoms with E-state index < -0.39 is 30.4 Å². The maximum absolute atomic E-state index is 12.8. The molecule has 0 saturated heterocycles. The molecule has 3 N–H and O–H groups in total. The van der Waals surface area contributed by atoms with Crippen LogP contribution in [0.25, 0.3) is 0 Å². The summed E-state index contributed by atoms with van der Waals surface area (Å²) in [7, 11) is 0. The quantitative estimate of drug-likeness (QED) is 0.654. The van der Waals surface area contributed by atoms with Gasteiger partial charge < -0.3 is 15.3 Å². The number of rotatable bonds is 5. The molecule has 0 aliphatic heterocycles. The lowest BCUT2D eigenvalue weighted by molar-refractivity contribution is -0.141. The van der Waals surface area contributed by atoms with Crippen molar-refractivity contribution in [3.63, 3.8) is 0 Å². The minimum Gasteiger partial charge on any atom is -0.481 e. The fourth-order valence-corrected chi connectivity index (χ4v) is 1.41. The molecule has 5 nitrogen and oxygen atoms in total. The summed E-state index contributed by atoms with van der Waals surface area (Å²) >= 11 is 0. The average Bonchev–Trinajstić information content (AvgIpc) is 2.27. The van der Waals surface area contributed by atoms with Crippen molar-refractivity contribution in [1.82, 2.24) is 0 Å². The second kappa shape index (κ2) is 5.51. The Kier molecular flexibility index (Phi) is 4.30. The maximum atomic E-state index is 12.8. The van der Waals surface area contributed by atoms with Crippen molar-refractivity contribution >= 4 is 12.3 Å². The van der Waals surface area contributed by atoms with Crippen LogP contribution >= 0.6 is 0 Å². The number of aliphatic hydroxyl groups excluding tert-OH is 2. The molecule has 0 aromatic heterocycles. The third kappa shape index (κ3) is 3.33. The number of benzene rings is 1. The molecule has 0 spiro atoms. The molecule has 1 aromatic rings. The highest BCUT2D eigenvalue weighted by molar-refractivity contribution is 5.77. The van der Waals surface area contributed by atoms with Gasteiger partial charge in [0, 0.05) is 5.56 Å². The fourth-order valence-electron chi connectivity index (χ4n) is 1.41. The molecule has 0 aliphatic carbocycles. The molecule has 0 bridgehead atoms. The molecule has 92 valence electrons. The summed E-state index contributed by atoms with van der Waals surface area (Å²) < 4.78 is 12.8. The lowest BCUT2D eigenvalue weighted by Crippen LogP contribution is -2.22. The van der Waals surface area contributed by atoms with Gasteiger partial charge in [-0.25, -0.2) is 4.39 Å². The topological polar surface area (TPSA) is 94.8 Å². The smallest absolute Gasteiger partial charge is 0.306 e. The van der Waals surface area contributed by atoms with Crippen molar-refractivity contribution in [3.8, 4) is 0 Å². The van der Waals surface area contributed by atoms with Gasteiger partial charge in [-0.1, -0.05) is 6.07 Å². The van der Waals surface area contributed by atoms with Gasteiger partial charge in [-0.05, 0) is 17.7 Å². The van der Waals surface area contributed by atoms with E-state index in [-0.39, 0.29) is 11.1 Å². The van der Waals surface area contributed by atoms with E-state index in [1.165, 1.54) is 0 Å². The van der Waals surface area contributed by atoms with Crippen LogP contribution < -0.4 is 0 Å². The molecule has 6 heteroatoms. The monoisotopic (exact) mass is 242 g/mol. The van der Waals surface area contributed by atoms with E-state index in [0.29, 0.717) is 6.29 Å². The largest absolute Gasteiger partial charge is 0.481 e. The molecule has 1 aromatic carbocycles. The van der Waals surface area contributed by atoms with E-state index in [4.69, 9.17) is 5.11 Å². The van der Waals surface area contributed by atoms with E-state index in [9.17, 15) is 24.2 Å². The van der Waals surface area contributed by atoms with Crippen LogP contribution in [-0.2, 0) is 4.79 Å². The number of aldehydes is 1. The summed E-state index contributed by atoms with van der Waals surface area (Å²) in [5.74, 6) is -1.94. The van der Waals surface area contributed by atoms with Crippen molar-refractivity contribution in [2.75, 3.05) is 0 Å². The normalized spacial score (nSPS) is 14.1. The molecule has 1 rings (SSSR count). The minimum atomic E-state index is -1.56. The zero-order valence-electron chi connectivity index (χ0n) is 8.71. The molecule has 2 atom stereocenters. The molecular formula is C11H11FO5. The van der Waals surface area contributed by atoms with E-state index in [0.717, 1.165) is 18.2 Å². The number of carbonyl (C=O) groups is 2. The Morgan fingerprint density at radius 2 is 2.06 bits per heavy atom. The predicted octanol–water partition coefficient (Wildman–Crippen LogP) is 0.507. The first-order valence-corrected chi connectivity index (χ1v) is 4.78. The number of halogens is 1. The fraction of sp³-hybridized carbons (Fsp3) is 0.273. The first-order chi connectivity index (χ1) is 7.95. The van der Waals surface area contributed by atoms with E-state index >= 15 is 0 Å². The molecule has 0 fully saturated rings. The van der Waals surface area contributed by atoms with Gasteiger partial charge in [0.05, 0.1) is 12.5 Å². The van der Waals surface area contributed by atoms with Gasteiger partial charge >= 0.3 is 5.97 Å². The van der Waals surface area contributed by atoms with Gasteiger partial charge in [-0.2, -0.15) is 0 Å². The Labute approximate surface area is 96.1 Å². The second-order valence-electron chi connectivity index (χ2n) is 3.50. The van der Waals surface area contributed by atoms with Crippen molar-refractivity contribution in [1.29, 1.82) is 0 Å². The van der Waals surface area contributed by atoms with Gasteiger partial charge in [0.15, 0.2) is 6.29 Å². The van der Waals surface area contributed by atoms with Crippen LogP contribution in [0, 0.1) is 5.82 Å². The molecule has 17 heavy (non-hydrogen) atoms. The molecule has 0 heterocycles. The Hall–Kier alpha value is -1.79. The second-order valence-corrected chi connectivity index (χ2v) is 3.50. The predicted molar refractivity (Wildman–Crippen MR) is 55.0 cm³/mol. The van der Waals surface area contributed by atoms with Crippen LogP contribution in [0.3, 0.4) is 0 Å². The molecule has 0 aliphatic rings. The highest BCUT2D eigenvalue weighted by Crippen LogP contribution is 2.22. The highest BCUT2D eigenvalue weighted by atomic mass is 19.1. The number of hydrogen-bond acceptors (Lipinski definition) is 4. The van der Waals surface area contributed by atoms with Crippen molar-refractivity contribution in [2.45, 2.75) is 18.6 Å². The third-order valence-electron chi connectivity index (χ3n) is 2.24. The summed E-state index contributed by atoms with van der Waals surface area (Å²) in [6.45, 7) is 0. The molecule has 0 radical (unpaired) electrons. The Morgan fingerprint density at radius 1 is 1.41 bits per heavy atom. The molecule has 0 saturated carbocycles. The Morgan fingerprint density at radius 3 is 2.59 bits per heavy atom.